The molecule has 0 radical (unpaired) electrons. The summed E-state index contributed by atoms with van der Waals surface area (Å²) in [6.07, 6.45) is -1.54. The smallest absolute Gasteiger partial charge is 0.397 e. The van der Waals surface area contributed by atoms with Gasteiger partial charge >= 0.3 is 6.18 Å². The van der Waals surface area contributed by atoms with Gasteiger partial charge in [-0.25, -0.2) is 13.4 Å². The number of alkyl halides is 3. The van der Waals surface area contributed by atoms with Crippen molar-refractivity contribution in [2.24, 2.45) is 10.7 Å². The van der Waals surface area contributed by atoms with E-state index in [-0.39, 0.29) is 30.2 Å². The van der Waals surface area contributed by atoms with Crippen molar-refractivity contribution in [1.82, 2.24) is 9.29 Å². The fourth-order valence-corrected chi connectivity index (χ4v) is 5.11. The summed E-state index contributed by atoms with van der Waals surface area (Å²) in [6.45, 7) is 5.11. The molecule has 3 rings (SSSR count). The Morgan fingerprint density at radius 3 is 2.51 bits per heavy atom. The van der Waals surface area contributed by atoms with Gasteiger partial charge in [-0.2, -0.15) is 17.5 Å². The van der Waals surface area contributed by atoms with Crippen LogP contribution in [0.2, 0.25) is 0 Å². The third kappa shape index (κ3) is 6.47. The lowest BCUT2D eigenvalue weighted by Gasteiger charge is -2.35. The van der Waals surface area contributed by atoms with Crippen molar-refractivity contribution in [3.63, 3.8) is 0 Å². The molecule has 2 atom stereocenters. The monoisotopic (exact) mass is 509 g/mol. The molecule has 4 N–H and O–H groups in total. The van der Waals surface area contributed by atoms with E-state index in [1.54, 1.807) is 18.2 Å². The number of benzene rings is 1. The summed E-state index contributed by atoms with van der Waals surface area (Å²) in [5.41, 5.74) is 6.90. The van der Waals surface area contributed by atoms with Crippen molar-refractivity contribution in [3.05, 3.63) is 71.7 Å². The molecule has 12 heteroatoms. The van der Waals surface area contributed by atoms with Crippen molar-refractivity contribution >= 4 is 28.1 Å². The standard InChI is InChI=1S/C23H26F3N5O3S/c1-15(11-18(27)13-28-2)16-3-6-19(7-4-16)35(33,34)31-10-9-20(21(32)14-31)30-22-8-5-17(12-29-22)23(24,25)26/h3-8,11-13,20-21,32H,2,9-10,14,27H2,1H3,(H,29,30)/b15-11+,18-13+/t20-,21+/m1/s1. The minimum absolute atomic E-state index is 0.0772. The number of allylic oxidation sites excluding steroid dienone is 2. The number of aromatic nitrogens is 1. The molecule has 188 valence electrons. The van der Waals surface area contributed by atoms with Gasteiger partial charge in [-0.05, 0) is 61.5 Å². The molecule has 0 amide bonds. The third-order valence-electron chi connectivity index (χ3n) is 5.54. The van der Waals surface area contributed by atoms with Gasteiger partial charge in [-0.1, -0.05) is 12.1 Å². The van der Waals surface area contributed by atoms with E-state index in [0.717, 1.165) is 17.2 Å². The van der Waals surface area contributed by atoms with Crippen LogP contribution in [-0.2, 0) is 16.2 Å². The molecule has 0 aliphatic carbocycles. The number of hydrogen-bond acceptors (Lipinski definition) is 7. The van der Waals surface area contributed by atoms with E-state index in [2.05, 4.69) is 22.0 Å². The highest BCUT2D eigenvalue weighted by Crippen LogP contribution is 2.29. The van der Waals surface area contributed by atoms with Gasteiger partial charge in [0, 0.05) is 25.5 Å². The van der Waals surface area contributed by atoms with Crippen molar-refractivity contribution in [3.8, 4) is 0 Å². The van der Waals surface area contributed by atoms with E-state index in [0.29, 0.717) is 11.9 Å². The number of rotatable bonds is 7. The number of β-amino-alcohol motifs (C(OH)–C–C–N with tert-alkyl or cyclic N) is 1. The second-order valence-electron chi connectivity index (χ2n) is 8.06. The molecule has 0 unspecified atom stereocenters. The average molecular weight is 510 g/mol. The number of hydrogen-bond donors (Lipinski definition) is 3. The quantitative estimate of drug-likeness (QED) is 0.389. The maximum atomic E-state index is 13.1. The lowest BCUT2D eigenvalue weighted by molar-refractivity contribution is -0.137. The molecule has 2 aromatic rings. The number of halogens is 3. The van der Waals surface area contributed by atoms with E-state index in [4.69, 9.17) is 5.73 Å². The summed E-state index contributed by atoms with van der Waals surface area (Å²) in [5, 5.41) is 13.4. The number of aliphatic hydroxyl groups excluding tert-OH is 1. The third-order valence-corrected chi connectivity index (χ3v) is 7.42. The van der Waals surface area contributed by atoms with Crippen molar-refractivity contribution in [2.75, 3.05) is 18.4 Å². The molecule has 1 aliphatic rings. The summed E-state index contributed by atoms with van der Waals surface area (Å²) in [5.74, 6) is 0.164. The van der Waals surface area contributed by atoms with Crippen LogP contribution in [0.3, 0.4) is 0 Å². The van der Waals surface area contributed by atoms with Crippen LogP contribution in [0.5, 0.6) is 0 Å². The summed E-state index contributed by atoms with van der Waals surface area (Å²) in [6, 6.07) is 7.79. The summed E-state index contributed by atoms with van der Waals surface area (Å²) in [4.78, 5) is 7.41. The number of anilines is 1. The van der Waals surface area contributed by atoms with Crippen LogP contribution in [-0.4, -0.2) is 54.8 Å². The van der Waals surface area contributed by atoms with Gasteiger partial charge in [0.15, 0.2) is 0 Å². The predicted octanol–water partition coefficient (Wildman–Crippen LogP) is 3.24. The molecule has 2 heterocycles. The normalized spacial score (nSPS) is 20.5. The maximum absolute atomic E-state index is 13.1. The zero-order valence-electron chi connectivity index (χ0n) is 18.9. The highest BCUT2D eigenvalue weighted by Gasteiger charge is 2.35. The van der Waals surface area contributed by atoms with Crippen LogP contribution in [0, 0.1) is 0 Å². The fourth-order valence-electron chi connectivity index (χ4n) is 3.64. The number of nitrogens with zero attached hydrogens (tertiary/aromatic N) is 3. The Kier molecular flexibility index (Phi) is 7.98. The van der Waals surface area contributed by atoms with Crippen molar-refractivity contribution in [2.45, 2.75) is 36.6 Å². The zero-order chi connectivity index (χ0) is 25.8. The Balaban J connectivity index is 1.66. The second kappa shape index (κ2) is 10.6. The number of aliphatic hydroxyl groups is 1. The highest BCUT2D eigenvalue weighted by atomic mass is 32.2. The van der Waals surface area contributed by atoms with E-state index in [9.17, 15) is 26.7 Å². The molecule has 35 heavy (non-hydrogen) atoms. The summed E-state index contributed by atoms with van der Waals surface area (Å²) >= 11 is 0. The van der Waals surface area contributed by atoms with Gasteiger partial charge in [0.05, 0.1) is 28.3 Å². The van der Waals surface area contributed by atoms with Crippen molar-refractivity contribution < 1.29 is 26.7 Å². The Labute approximate surface area is 201 Å². The first-order valence-electron chi connectivity index (χ1n) is 10.6. The van der Waals surface area contributed by atoms with E-state index in [1.807, 2.05) is 6.92 Å². The Morgan fingerprint density at radius 1 is 1.29 bits per heavy atom. The van der Waals surface area contributed by atoms with Crippen molar-refractivity contribution in [1.29, 1.82) is 0 Å². The van der Waals surface area contributed by atoms with Gasteiger partial charge in [0.25, 0.3) is 0 Å². The number of pyridine rings is 1. The molecule has 1 aromatic heterocycles. The van der Waals surface area contributed by atoms with Gasteiger partial charge in [-0.3, -0.25) is 4.99 Å². The van der Waals surface area contributed by atoms with Gasteiger partial charge in [-0.15, -0.1) is 0 Å². The van der Waals surface area contributed by atoms with Crippen LogP contribution in [0.15, 0.2) is 70.5 Å². The van der Waals surface area contributed by atoms with Crippen LogP contribution >= 0.6 is 0 Å². The summed E-state index contributed by atoms with van der Waals surface area (Å²) in [7, 11) is -3.86. The molecule has 1 fully saturated rings. The minimum atomic E-state index is -4.49. The molecule has 0 bridgehead atoms. The van der Waals surface area contributed by atoms with Crippen LogP contribution in [0.1, 0.15) is 24.5 Å². The number of sulfonamides is 1. The lowest BCUT2D eigenvalue weighted by Crippen LogP contribution is -2.51. The van der Waals surface area contributed by atoms with E-state index in [1.165, 1.54) is 28.7 Å². The van der Waals surface area contributed by atoms with Crippen LogP contribution in [0.4, 0.5) is 19.0 Å². The molecule has 1 aromatic carbocycles. The number of nitrogens with two attached hydrogens (primary N) is 1. The topological polar surface area (TPSA) is 121 Å². The maximum Gasteiger partial charge on any atom is 0.417 e. The first-order chi connectivity index (χ1) is 16.4. The van der Waals surface area contributed by atoms with E-state index >= 15 is 0 Å². The lowest BCUT2D eigenvalue weighted by atomic mass is 10.0. The molecule has 0 saturated carbocycles. The first kappa shape index (κ1) is 26.4. The largest absolute Gasteiger partial charge is 0.417 e. The number of nitrogens with one attached hydrogen (secondary N) is 1. The first-order valence-corrected chi connectivity index (χ1v) is 12.0. The predicted molar refractivity (Wildman–Crippen MR) is 128 cm³/mol. The SMILES string of the molecule is C=N/C=C(N)\C=C(/C)c1ccc(S(=O)(=O)N2CC[C@@H](Nc3ccc(C(F)(F)F)cn3)[C@@H](O)C2)cc1. The van der Waals surface area contributed by atoms with Crippen LogP contribution < -0.4 is 11.1 Å². The van der Waals surface area contributed by atoms with Gasteiger partial charge in [0.1, 0.15) is 5.82 Å². The molecule has 1 aliphatic heterocycles. The zero-order valence-corrected chi connectivity index (χ0v) is 19.7. The molecule has 8 nitrogen and oxygen atoms in total. The molecule has 0 spiro atoms. The van der Waals surface area contributed by atoms with E-state index < -0.39 is 33.9 Å². The second-order valence-corrected chi connectivity index (χ2v) is 10.0. The average Bonchev–Trinajstić information content (AvgIpc) is 2.80. The molecule has 1 saturated heterocycles. The number of piperidine rings is 1. The van der Waals surface area contributed by atoms with Gasteiger partial charge in [0.2, 0.25) is 10.0 Å². The summed E-state index contributed by atoms with van der Waals surface area (Å²) < 4.78 is 65.4. The highest BCUT2D eigenvalue weighted by molar-refractivity contribution is 7.89. The molecular formula is C23H26F3N5O3S. The minimum Gasteiger partial charge on any atom is -0.397 e. The van der Waals surface area contributed by atoms with Crippen LogP contribution in [0.25, 0.3) is 5.57 Å². The Morgan fingerprint density at radius 2 is 1.97 bits per heavy atom. The fraction of sp³-hybridized carbons (Fsp3) is 0.304. The Bertz CT molecular complexity index is 1210. The Hall–Kier alpha value is -3.22. The molecular weight excluding hydrogens is 483 g/mol. The number of aliphatic imine (C=N–C) groups is 1. The van der Waals surface area contributed by atoms with Gasteiger partial charge < -0.3 is 16.2 Å².